The lowest BCUT2D eigenvalue weighted by atomic mass is 9.97. The van der Waals surface area contributed by atoms with E-state index in [1.807, 2.05) is 65.7 Å². The van der Waals surface area contributed by atoms with Gasteiger partial charge in [0.25, 0.3) is 0 Å². The normalized spacial score (nSPS) is 18.7. The van der Waals surface area contributed by atoms with Gasteiger partial charge in [-0.25, -0.2) is 9.80 Å². The zero-order valence-electron chi connectivity index (χ0n) is 17.6. The van der Waals surface area contributed by atoms with Gasteiger partial charge in [-0.3, -0.25) is 0 Å². The Morgan fingerprint density at radius 1 is 0.909 bits per heavy atom. The molecule has 2 aliphatic rings. The van der Waals surface area contributed by atoms with Gasteiger partial charge in [-0.05, 0) is 54.6 Å². The Morgan fingerprint density at radius 2 is 1.70 bits per heavy atom. The molecular formula is C27H20N2O4. The van der Waals surface area contributed by atoms with Crippen LogP contribution in [0, 0.1) is 0 Å². The molecule has 0 fully saturated rings. The van der Waals surface area contributed by atoms with E-state index in [9.17, 15) is 4.79 Å². The Bertz CT molecular complexity index is 1310. The molecule has 6 nitrogen and oxygen atoms in total. The van der Waals surface area contributed by atoms with Crippen LogP contribution in [0.3, 0.4) is 0 Å². The molecule has 0 amide bonds. The first kappa shape index (κ1) is 19.4. The molecule has 6 heteroatoms. The van der Waals surface area contributed by atoms with E-state index in [1.165, 1.54) is 0 Å². The molecule has 0 unspecified atom stereocenters. The lowest BCUT2D eigenvalue weighted by Gasteiger charge is -2.38. The van der Waals surface area contributed by atoms with Crippen molar-refractivity contribution in [3.8, 4) is 11.5 Å². The molecule has 1 aromatic heterocycles. The molecule has 3 aromatic carbocycles. The molecule has 0 saturated heterocycles. The van der Waals surface area contributed by atoms with E-state index in [0.717, 1.165) is 34.8 Å². The Labute approximate surface area is 190 Å². The van der Waals surface area contributed by atoms with Gasteiger partial charge in [-0.15, -0.1) is 0 Å². The summed E-state index contributed by atoms with van der Waals surface area (Å²) in [5.41, 5.74) is 3.42. The molecule has 2 atom stereocenters. The van der Waals surface area contributed by atoms with Crippen molar-refractivity contribution in [2.24, 2.45) is 5.10 Å². The standard InChI is InChI=1S/C27H20N2O4/c30-27(19-7-2-1-3-8-19)32-20-14-12-18(13-15-20)26-29-23(21-9-4-5-10-24(21)33-26)17-22(28-29)25-11-6-16-31-25/h1-16,23,26H,17H2/t23-,26-/m1/s1. The average Bonchev–Trinajstić information content (AvgIpc) is 3.55. The van der Waals surface area contributed by atoms with Gasteiger partial charge >= 0.3 is 5.97 Å². The minimum Gasteiger partial charge on any atom is -0.464 e. The van der Waals surface area contributed by atoms with Crippen LogP contribution >= 0.6 is 0 Å². The topological polar surface area (TPSA) is 64.3 Å². The SMILES string of the molecule is O=C(Oc1ccc([C@H]2Oc3ccccc3[C@H]3CC(c4ccco4)=NN32)cc1)c1ccccc1. The quantitative estimate of drug-likeness (QED) is 0.301. The number of fused-ring (bicyclic) bond motifs is 3. The summed E-state index contributed by atoms with van der Waals surface area (Å²) in [6.45, 7) is 0. The van der Waals surface area contributed by atoms with E-state index in [2.05, 4.69) is 6.07 Å². The second kappa shape index (κ2) is 7.98. The Balaban J connectivity index is 1.29. The van der Waals surface area contributed by atoms with Gasteiger partial charge in [0.05, 0.1) is 17.9 Å². The van der Waals surface area contributed by atoms with Crippen molar-refractivity contribution >= 4 is 11.7 Å². The third-order valence-electron chi connectivity index (χ3n) is 5.89. The average molecular weight is 436 g/mol. The van der Waals surface area contributed by atoms with Crippen LogP contribution in [0.15, 0.2) is 107 Å². The molecule has 0 aliphatic carbocycles. The third-order valence-corrected chi connectivity index (χ3v) is 5.89. The van der Waals surface area contributed by atoms with E-state index >= 15 is 0 Å². The molecule has 0 bridgehead atoms. The molecular weight excluding hydrogens is 416 g/mol. The number of para-hydroxylation sites is 1. The zero-order valence-corrected chi connectivity index (χ0v) is 17.6. The molecule has 162 valence electrons. The van der Waals surface area contributed by atoms with Crippen LogP contribution in [0.1, 0.15) is 45.9 Å². The van der Waals surface area contributed by atoms with E-state index in [0.29, 0.717) is 11.3 Å². The van der Waals surface area contributed by atoms with Gasteiger partial charge in [0.1, 0.15) is 23.0 Å². The fourth-order valence-corrected chi connectivity index (χ4v) is 4.29. The maximum atomic E-state index is 12.4. The van der Waals surface area contributed by atoms with Crippen molar-refractivity contribution < 1.29 is 18.7 Å². The Kier molecular flexibility index (Phi) is 4.69. The maximum absolute atomic E-state index is 12.4. The molecule has 33 heavy (non-hydrogen) atoms. The summed E-state index contributed by atoms with van der Waals surface area (Å²) >= 11 is 0. The monoisotopic (exact) mass is 436 g/mol. The Hall–Kier alpha value is -4.32. The molecule has 2 aliphatic heterocycles. The van der Waals surface area contributed by atoms with E-state index in [4.69, 9.17) is 19.0 Å². The summed E-state index contributed by atoms with van der Waals surface area (Å²) < 4.78 is 17.5. The van der Waals surface area contributed by atoms with E-state index < -0.39 is 12.2 Å². The van der Waals surface area contributed by atoms with Crippen molar-refractivity contribution in [3.63, 3.8) is 0 Å². The molecule has 4 aromatic rings. The number of hydrogen-bond acceptors (Lipinski definition) is 6. The van der Waals surface area contributed by atoms with Crippen LogP contribution in [0.4, 0.5) is 0 Å². The number of carbonyl (C=O) groups excluding carboxylic acids is 1. The lowest BCUT2D eigenvalue weighted by Crippen LogP contribution is -2.33. The molecule has 0 spiro atoms. The van der Waals surface area contributed by atoms with Gasteiger partial charge in [-0.1, -0.05) is 36.4 Å². The minimum atomic E-state index is -0.406. The second-order valence-corrected chi connectivity index (χ2v) is 7.96. The number of furan rings is 1. The first-order valence-electron chi connectivity index (χ1n) is 10.8. The minimum absolute atomic E-state index is 0.0515. The van der Waals surface area contributed by atoms with Gasteiger partial charge in [-0.2, -0.15) is 5.10 Å². The number of nitrogens with zero attached hydrogens (tertiary/aromatic N) is 2. The molecule has 6 rings (SSSR count). The maximum Gasteiger partial charge on any atom is 0.343 e. The number of benzene rings is 3. The van der Waals surface area contributed by atoms with Crippen LogP contribution in [0.5, 0.6) is 11.5 Å². The highest BCUT2D eigenvalue weighted by Crippen LogP contribution is 2.47. The van der Waals surface area contributed by atoms with Crippen LogP contribution < -0.4 is 9.47 Å². The third kappa shape index (κ3) is 3.55. The predicted octanol–water partition coefficient (Wildman–Crippen LogP) is 5.74. The van der Waals surface area contributed by atoms with Crippen molar-refractivity contribution in [1.82, 2.24) is 5.01 Å². The summed E-state index contributed by atoms with van der Waals surface area (Å²) in [5.74, 6) is 1.70. The summed E-state index contributed by atoms with van der Waals surface area (Å²) in [6.07, 6.45) is 1.99. The number of rotatable bonds is 4. The largest absolute Gasteiger partial charge is 0.464 e. The summed E-state index contributed by atoms with van der Waals surface area (Å²) in [6, 6.07) is 28.2. The summed E-state index contributed by atoms with van der Waals surface area (Å²) in [7, 11) is 0. The molecule has 0 N–H and O–H groups in total. The van der Waals surface area contributed by atoms with Crippen molar-refractivity contribution in [2.45, 2.75) is 18.7 Å². The van der Waals surface area contributed by atoms with E-state index in [1.54, 1.807) is 30.5 Å². The van der Waals surface area contributed by atoms with Crippen LogP contribution in [-0.4, -0.2) is 16.7 Å². The number of ether oxygens (including phenoxy) is 2. The zero-order chi connectivity index (χ0) is 22.2. The highest BCUT2D eigenvalue weighted by molar-refractivity contribution is 5.99. The number of esters is 1. The smallest absolute Gasteiger partial charge is 0.343 e. The first-order chi connectivity index (χ1) is 16.3. The van der Waals surface area contributed by atoms with Crippen molar-refractivity contribution in [2.75, 3.05) is 0 Å². The van der Waals surface area contributed by atoms with Crippen LogP contribution in [0.25, 0.3) is 0 Å². The van der Waals surface area contributed by atoms with E-state index in [-0.39, 0.29) is 6.04 Å². The fourth-order valence-electron chi connectivity index (χ4n) is 4.29. The Morgan fingerprint density at radius 3 is 2.48 bits per heavy atom. The van der Waals surface area contributed by atoms with Crippen LogP contribution in [0.2, 0.25) is 0 Å². The lowest BCUT2D eigenvalue weighted by molar-refractivity contribution is -0.0190. The highest BCUT2D eigenvalue weighted by Gasteiger charge is 2.41. The second-order valence-electron chi connectivity index (χ2n) is 7.96. The van der Waals surface area contributed by atoms with Crippen LogP contribution in [-0.2, 0) is 0 Å². The van der Waals surface area contributed by atoms with Gasteiger partial charge in [0.2, 0.25) is 6.23 Å². The molecule has 0 saturated carbocycles. The van der Waals surface area contributed by atoms with Crippen molar-refractivity contribution in [1.29, 1.82) is 0 Å². The molecule has 3 heterocycles. The number of hydrazone groups is 1. The number of carbonyl (C=O) groups is 1. The molecule has 0 radical (unpaired) electrons. The predicted molar refractivity (Wildman–Crippen MR) is 122 cm³/mol. The first-order valence-corrected chi connectivity index (χ1v) is 10.8. The highest BCUT2D eigenvalue weighted by atomic mass is 16.5. The van der Waals surface area contributed by atoms with Crippen molar-refractivity contribution in [3.05, 3.63) is 120 Å². The van der Waals surface area contributed by atoms with Gasteiger partial charge in [0.15, 0.2) is 0 Å². The van der Waals surface area contributed by atoms with Gasteiger partial charge in [0, 0.05) is 17.5 Å². The number of hydrogen-bond donors (Lipinski definition) is 0. The fraction of sp³-hybridized carbons (Fsp3) is 0.111. The summed E-state index contributed by atoms with van der Waals surface area (Å²) in [5, 5.41) is 6.86. The van der Waals surface area contributed by atoms with Gasteiger partial charge < -0.3 is 13.9 Å². The summed E-state index contributed by atoms with van der Waals surface area (Å²) in [4.78, 5) is 12.4.